The summed E-state index contributed by atoms with van der Waals surface area (Å²) in [6.07, 6.45) is 8.90. The Kier molecular flexibility index (Phi) is 10.2. The molecule has 2 aliphatic carbocycles. The fourth-order valence-corrected chi connectivity index (χ4v) is 7.83. The maximum atomic E-state index is 12.6. The van der Waals surface area contributed by atoms with Crippen LogP contribution in [0.2, 0.25) is 0 Å². The molecular formula is C34H38N4O7S. The summed E-state index contributed by atoms with van der Waals surface area (Å²) in [6.45, 7) is 10.4. The summed E-state index contributed by atoms with van der Waals surface area (Å²) < 4.78 is 32.9. The third-order valence-corrected chi connectivity index (χ3v) is 10.5. The van der Waals surface area contributed by atoms with E-state index in [1.165, 1.54) is 48.7 Å². The van der Waals surface area contributed by atoms with Crippen molar-refractivity contribution >= 4 is 27.5 Å². The highest BCUT2D eigenvalue weighted by atomic mass is 32.2. The molecule has 242 valence electrons. The SMILES string of the molecule is O=C(O)/C=C/C(=O)O.[C-]#[N+]c1cc2c(cc1OCCCS(=O)(=O)c1cn(C)cn1)C(Cc1ccccc1)C(N1CC3CC3C1)CC2. The van der Waals surface area contributed by atoms with Gasteiger partial charge in [0.15, 0.2) is 14.9 Å². The topological polar surface area (TPSA) is 143 Å². The highest BCUT2D eigenvalue weighted by Crippen LogP contribution is 2.49. The van der Waals surface area contributed by atoms with Crippen LogP contribution in [0.3, 0.4) is 0 Å². The minimum Gasteiger partial charge on any atom is -0.505 e. The standard InChI is InChI=1S/C30H34N4O3S.C4H4O4/c1-31-27-15-22-9-10-28(34-17-23-14-24(23)18-34)26(13-21-7-4-3-5-8-21)25(22)16-29(27)37-11-6-12-38(35,36)30-19-33(2)20-32-30;5-3(6)1-2-4(7)8/h3-5,7-8,15-16,19-20,23-24,26,28H,6,9-14,17-18H2,2H3;1-2H,(H,5,6)(H,7,8)/b;2-1+. The molecule has 1 aliphatic heterocycles. The number of ether oxygens (including phenoxy) is 1. The van der Waals surface area contributed by atoms with Crippen LogP contribution in [0.25, 0.3) is 4.85 Å². The lowest BCUT2D eigenvalue weighted by molar-refractivity contribution is -0.134. The molecule has 12 heteroatoms. The van der Waals surface area contributed by atoms with Crippen molar-refractivity contribution in [1.82, 2.24) is 14.5 Å². The predicted octanol–water partition coefficient (Wildman–Crippen LogP) is 4.52. The lowest BCUT2D eigenvalue weighted by Gasteiger charge is -2.40. The summed E-state index contributed by atoms with van der Waals surface area (Å²) in [5, 5.41) is 15.7. The second kappa shape index (κ2) is 14.3. The monoisotopic (exact) mass is 646 g/mol. The van der Waals surface area contributed by atoms with Gasteiger partial charge in [0.2, 0.25) is 5.69 Å². The van der Waals surface area contributed by atoms with Gasteiger partial charge in [0.05, 0.1) is 25.3 Å². The molecule has 2 aromatic carbocycles. The zero-order valence-corrected chi connectivity index (χ0v) is 26.5. The Hall–Kier alpha value is -4.47. The number of imidazole rings is 1. The molecule has 46 heavy (non-hydrogen) atoms. The molecule has 2 N–H and O–H groups in total. The number of aromatic nitrogens is 2. The van der Waals surface area contributed by atoms with Crippen molar-refractivity contribution < 1.29 is 33.0 Å². The molecule has 6 rings (SSSR count). The van der Waals surface area contributed by atoms with E-state index in [1.807, 2.05) is 6.07 Å². The molecule has 2 fully saturated rings. The number of piperidine rings is 1. The maximum absolute atomic E-state index is 12.6. The molecule has 4 atom stereocenters. The zero-order chi connectivity index (χ0) is 32.8. The lowest BCUT2D eigenvalue weighted by atomic mass is 9.75. The molecular weight excluding hydrogens is 608 g/mol. The molecule has 0 bridgehead atoms. The van der Waals surface area contributed by atoms with Crippen LogP contribution in [0.4, 0.5) is 5.69 Å². The van der Waals surface area contributed by atoms with Crippen molar-refractivity contribution in [2.45, 2.75) is 49.1 Å². The fourth-order valence-electron chi connectivity index (χ4n) is 6.59. The molecule has 3 aromatic rings. The zero-order valence-electron chi connectivity index (χ0n) is 25.7. The number of nitrogens with zero attached hydrogens (tertiary/aromatic N) is 4. The van der Waals surface area contributed by atoms with Gasteiger partial charge in [-0.1, -0.05) is 35.9 Å². The van der Waals surface area contributed by atoms with Crippen LogP contribution in [-0.4, -0.2) is 76.5 Å². The summed E-state index contributed by atoms with van der Waals surface area (Å²) in [7, 11) is -1.71. The molecule has 0 radical (unpaired) electrons. The number of carbonyl (C=O) groups is 2. The molecule has 0 spiro atoms. The second-order valence-corrected chi connectivity index (χ2v) is 14.2. The molecule has 4 unspecified atom stereocenters. The molecule has 2 heterocycles. The Bertz CT molecular complexity index is 1720. The number of benzene rings is 2. The highest BCUT2D eigenvalue weighted by molar-refractivity contribution is 7.91. The number of carboxylic acid groups (broad SMARTS) is 2. The third-order valence-electron chi connectivity index (χ3n) is 8.87. The summed E-state index contributed by atoms with van der Waals surface area (Å²) in [4.78, 5) is 29.6. The minimum absolute atomic E-state index is 0.0433. The average Bonchev–Trinajstić information content (AvgIpc) is 3.38. The number of fused-ring (bicyclic) bond motifs is 2. The van der Waals surface area contributed by atoms with E-state index in [0.717, 1.165) is 31.1 Å². The smallest absolute Gasteiger partial charge is 0.328 e. The largest absolute Gasteiger partial charge is 0.505 e. The van der Waals surface area contributed by atoms with E-state index in [9.17, 15) is 18.0 Å². The van der Waals surface area contributed by atoms with Gasteiger partial charge in [-0.3, -0.25) is 4.90 Å². The van der Waals surface area contributed by atoms with Crippen molar-refractivity contribution in [3.05, 3.63) is 95.2 Å². The van der Waals surface area contributed by atoms with Crippen LogP contribution in [-0.2, 0) is 39.3 Å². The van der Waals surface area contributed by atoms with E-state index in [2.05, 4.69) is 51.1 Å². The van der Waals surface area contributed by atoms with Crippen molar-refractivity contribution in [2.24, 2.45) is 18.9 Å². The van der Waals surface area contributed by atoms with Crippen molar-refractivity contribution in [2.75, 3.05) is 25.4 Å². The van der Waals surface area contributed by atoms with Crippen LogP contribution < -0.4 is 4.74 Å². The van der Waals surface area contributed by atoms with Crippen LogP contribution in [0.5, 0.6) is 5.75 Å². The van der Waals surface area contributed by atoms with Crippen LogP contribution in [0.15, 0.2) is 72.2 Å². The summed E-state index contributed by atoms with van der Waals surface area (Å²) in [5.41, 5.74) is 4.38. The first-order chi connectivity index (χ1) is 22.0. The van der Waals surface area contributed by atoms with E-state index in [0.29, 0.717) is 42.0 Å². The van der Waals surface area contributed by atoms with Gasteiger partial charge in [0.25, 0.3) is 0 Å². The van der Waals surface area contributed by atoms with Crippen molar-refractivity contribution in [3.63, 3.8) is 0 Å². The van der Waals surface area contributed by atoms with Crippen LogP contribution in [0.1, 0.15) is 41.9 Å². The van der Waals surface area contributed by atoms with Gasteiger partial charge < -0.3 is 19.5 Å². The average molecular weight is 647 g/mol. The Morgan fingerprint density at radius 3 is 2.41 bits per heavy atom. The summed E-state index contributed by atoms with van der Waals surface area (Å²) in [6, 6.07) is 15.3. The molecule has 1 saturated carbocycles. The van der Waals surface area contributed by atoms with E-state index >= 15 is 0 Å². The third kappa shape index (κ3) is 8.21. The van der Waals surface area contributed by atoms with Gasteiger partial charge in [0.1, 0.15) is 5.75 Å². The number of hydrogen-bond acceptors (Lipinski definition) is 7. The number of carboxylic acids is 2. The number of rotatable bonds is 11. The Morgan fingerprint density at radius 2 is 1.80 bits per heavy atom. The minimum atomic E-state index is -3.46. The molecule has 0 amide bonds. The fraction of sp³-hybridized carbons (Fsp3) is 0.412. The molecule has 1 saturated heterocycles. The van der Waals surface area contributed by atoms with Crippen molar-refractivity contribution in [3.8, 4) is 5.75 Å². The number of sulfone groups is 1. The van der Waals surface area contributed by atoms with Gasteiger partial charge >= 0.3 is 11.9 Å². The van der Waals surface area contributed by atoms with E-state index < -0.39 is 21.8 Å². The molecule has 11 nitrogen and oxygen atoms in total. The first-order valence-corrected chi connectivity index (χ1v) is 17.0. The predicted molar refractivity (Wildman–Crippen MR) is 171 cm³/mol. The van der Waals surface area contributed by atoms with Crippen molar-refractivity contribution in [1.29, 1.82) is 0 Å². The lowest BCUT2D eigenvalue weighted by Crippen LogP contribution is -2.42. The van der Waals surface area contributed by atoms with Crippen LogP contribution >= 0.6 is 0 Å². The number of aryl methyl sites for hydroxylation is 2. The normalized spacial score (nSPS) is 21.8. The summed E-state index contributed by atoms with van der Waals surface area (Å²) >= 11 is 0. The summed E-state index contributed by atoms with van der Waals surface area (Å²) in [5.74, 6) is 0.124. The van der Waals surface area contributed by atoms with Gasteiger partial charge in [-0.05, 0) is 67.2 Å². The quantitative estimate of drug-likeness (QED) is 0.175. The van der Waals surface area contributed by atoms with E-state index in [-0.39, 0.29) is 17.4 Å². The number of aliphatic carboxylic acids is 2. The van der Waals surface area contributed by atoms with E-state index in [1.54, 1.807) is 11.6 Å². The Morgan fingerprint density at radius 1 is 1.11 bits per heavy atom. The molecule has 3 aliphatic rings. The second-order valence-electron chi connectivity index (χ2n) is 12.2. The Labute approximate surface area is 268 Å². The van der Waals surface area contributed by atoms with E-state index in [4.69, 9.17) is 21.5 Å². The first kappa shape index (κ1) is 32.9. The number of likely N-dealkylation sites (tertiary alicyclic amines) is 1. The van der Waals surface area contributed by atoms with Gasteiger partial charge in [0, 0.05) is 50.4 Å². The molecule has 1 aromatic heterocycles. The van der Waals surface area contributed by atoms with Gasteiger partial charge in [-0.15, -0.1) is 0 Å². The van der Waals surface area contributed by atoms with Gasteiger partial charge in [-0.25, -0.2) is 27.8 Å². The maximum Gasteiger partial charge on any atom is 0.328 e. The van der Waals surface area contributed by atoms with Gasteiger partial charge in [-0.2, -0.15) is 0 Å². The Balaban J connectivity index is 0.000000463. The van der Waals surface area contributed by atoms with Crippen LogP contribution in [0, 0.1) is 18.4 Å². The number of hydrogen-bond donors (Lipinski definition) is 2. The first-order valence-electron chi connectivity index (χ1n) is 15.3. The highest BCUT2D eigenvalue weighted by Gasteiger charge is 2.48.